The molecule has 0 radical (unpaired) electrons. The molecule has 124 valence electrons. The number of benzene rings is 1. The molecule has 9 heteroatoms. The number of carbonyl (C=O) groups excluding carboxylic acids is 1. The van der Waals surface area contributed by atoms with Gasteiger partial charge < -0.3 is 5.32 Å². The second-order valence-corrected chi connectivity index (χ2v) is 6.94. The van der Waals surface area contributed by atoms with E-state index in [2.05, 4.69) is 0 Å². The van der Waals surface area contributed by atoms with Gasteiger partial charge in [0.2, 0.25) is 10.0 Å². The standard InChI is InChI=1S/C13H17F3N2O3S/c1-9(2)18(3)22(20,21)11-6-4-5-10(7-11)12(19)17-8-13(14,15)16/h4-7,9H,8H2,1-3H3,(H,17,19). The number of hydrogen-bond donors (Lipinski definition) is 1. The first kappa shape index (κ1) is 18.4. The Morgan fingerprint density at radius 3 is 2.41 bits per heavy atom. The number of rotatable bonds is 5. The average molecular weight is 338 g/mol. The summed E-state index contributed by atoms with van der Waals surface area (Å²) in [7, 11) is -2.42. The number of carbonyl (C=O) groups is 1. The monoisotopic (exact) mass is 338 g/mol. The van der Waals surface area contributed by atoms with Crippen molar-refractivity contribution in [3.05, 3.63) is 29.8 Å². The highest BCUT2D eigenvalue weighted by molar-refractivity contribution is 7.89. The maximum atomic E-state index is 12.3. The van der Waals surface area contributed by atoms with Gasteiger partial charge in [0, 0.05) is 18.7 Å². The van der Waals surface area contributed by atoms with E-state index in [1.54, 1.807) is 19.2 Å². The van der Waals surface area contributed by atoms with Crippen LogP contribution in [0.3, 0.4) is 0 Å². The smallest absolute Gasteiger partial charge is 0.343 e. The van der Waals surface area contributed by atoms with Crippen LogP contribution < -0.4 is 5.32 Å². The molecule has 22 heavy (non-hydrogen) atoms. The first-order valence-corrected chi connectivity index (χ1v) is 7.82. The first-order valence-electron chi connectivity index (χ1n) is 6.38. The number of nitrogens with zero attached hydrogens (tertiary/aromatic N) is 1. The van der Waals surface area contributed by atoms with Crippen LogP contribution in [-0.2, 0) is 10.0 Å². The Kier molecular flexibility index (Phi) is 5.58. The van der Waals surface area contributed by atoms with Crippen LogP contribution >= 0.6 is 0 Å². The fourth-order valence-corrected chi connectivity index (χ4v) is 2.94. The minimum absolute atomic E-state index is 0.150. The highest BCUT2D eigenvalue weighted by Gasteiger charge is 2.28. The maximum Gasteiger partial charge on any atom is 0.405 e. The Balaban J connectivity index is 3.02. The highest BCUT2D eigenvalue weighted by atomic mass is 32.2. The SMILES string of the molecule is CC(C)N(C)S(=O)(=O)c1cccc(C(=O)NCC(F)(F)F)c1. The summed E-state index contributed by atoms with van der Waals surface area (Å²) in [6.45, 7) is 1.88. The molecule has 0 aliphatic heterocycles. The lowest BCUT2D eigenvalue weighted by Gasteiger charge is -2.21. The van der Waals surface area contributed by atoms with Crippen LogP contribution in [0.4, 0.5) is 13.2 Å². The Hall–Kier alpha value is -1.61. The van der Waals surface area contributed by atoms with Gasteiger partial charge in [0.15, 0.2) is 0 Å². The number of amides is 1. The quantitative estimate of drug-likeness (QED) is 0.893. The molecule has 1 N–H and O–H groups in total. The summed E-state index contributed by atoms with van der Waals surface area (Å²) in [6, 6.07) is 4.60. The van der Waals surface area contributed by atoms with Crippen LogP contribution in [0.5, 0.6) is 0 Å². The molecule has 0 fully saturated rings. The fourth-order valence-electron chi connectivity index (χ4n) is 1.52. The first-order chi connectivity index (χ1) is 9.95. The molecule has 0 unspecified atom stereocenters. The van der Waals surface area contributed by atoms with E-state index < -0.39 is 28.7 Å². The van der Waals surface area contributed by atoms with E-state index in [-0.39, 0.29) is 16.5 Å². The predicted molar refractivity (Wildman–Crippen MR) is 74.9 cm³/mol. The zero-order valence-electron chi connectivity index (χ0n) is 12.3. The summed E-state index contributed by atoms with van der Waals surface area (Å²) in [4.78, 5) is 11.5. The molecule has 0 atom stereocenters. The van der Waals surface area contributed by atoms with Crippen molar-refractivity contribution in [3.8, 4) is 0 Å². The van der Waals surface area contributed by atoms with Crippen LogP contribution in [0.15, 0.2) is 29.2 Å². The summed E-state index contributed by atoms with van der Waals surface area (Å²) >= 11 is 0. The summed E-state index contributed by atoms with van der Waals surface area (Å²) in [5.74, 6) is -0.985. The molecule has 1 aromatic carbocycles. The van der Waals surface area contributed by atoms with Crippen LogP contribution in [0.2, 0.25) is 0 Å². The van der Waals surface area contributed by atoms with Gasteiger partial charge in [0.1, 0.15) is 6.54 Å². The molecule has 0 aromatic heterocycles. The van der Waals surface area contributed by atoms with Crippen LogP contribution in [0.25, 0.3) is 0 Å². The largest absolute Gasteiger partial charge is 0.405 e. The number of hydrogen-bond acceptors (Lipinski definition) is 3. The molecule has 1 rings (SSSR count). The Bertz CT molecular complexity index is 642. The van der Waals surface area contributed by atoms with Crippen molar-refractivity contribution in [2.75, 3.05) is 13.6 Å². The highest BCUT2D eigenvalue weighted by Crippen LogP contribution is 2.18. The summed E-state index contributed by atoms with van der Waals surface area (Å²) in [5, 5.41) is 1.70. The molecule has 0 aliphatic rings. The lowest BCUT2D eigenvalue weighted by atomic mass is 10.2. The lowest BCUT2D eigenvalue weighted by molar-refractivity contribution is -0.123. The van der Waals surface area contributed by atoms with Crippen molar-refractivity contribution in [1.29, 1.82) is 0 Å². The fraction of sp³-hybridized carbons (Fsp3) is 0.462. The Morgan fingerprint density at radius 1 is 1.32 bits per heavy atom. The molecule has 0 saturated carbocycles. The summed E-state index contributed by atoms with van der Waals surface area (Å²) in [6.07, 6.45) is -4.53. The van der Waals surface area contributed by atoms with Gasteiger partial charge in [-0.15, -0.1) is 0 Å². The summed E-state index contributed by atoms with van der Waals surface area (Å²) < 4.78 is 61.9. The number of alkyl halides is 3. The third kappa shape index (κ3) is 4.70. The Labute approximate surface area is 127 Å². The molecule has 1 amide bonds. The normalized spacial score (nSPS) is 12.7. The van der Waals surface area contributed by atoms with Crippen LogP contribution in [0, 0.1) is 0 Å². The molecule has 0 bridgehead atoms. The van der Waals surface area contributed by atoms with Gasteiger partial charge >= 0.3 is 6.18 Å². The van der Waals surface area contributed by atoms with E-state index in [1.165, 1.54) is 25.2 Å². The number of nitrogens with one attached hydrogen (secondary N) is 1. The van der Waals surface area contributed by atoms with Crippen molar-refractivity contribution >= 4 is 15.9 Å². The average Bonchev–Trinajstić information content (AvgIpc) is 2.43. The van der Waals surface area contributed by atoms with Crippen molar-refractivity contribution in [3.63, 3.8) is 0 Å². The van der Waals surface area contributed by atoms with Gasteiger partial charge in [-0.2, -0.15) is 17.5 Å². The second-order valence-electron chi connectivity index (χ2n) is 4.94. The van der Waals surface area contributed by atoms with Crippen LogP contribution in [-0.4, -0.2) is 44.4 Å². The number of sulfonamides is 1. The lowest BCUT2D eigenvalue weighted by Crippen LogP contribution is -2.34. The second kappa shape index (κ2) is 6.66. The molecule has 5 nitrogen and oxygen atoms in total. The van der Waals surface area contributed by atoms with Gasteiger partial charge in [0.05, 0.1) is 4.90 Å². The van der Waals surface area contributed by atoms with Gasteiger partial charge in [-0.3, -0.25) is 4.79 Å². The van der Waals surface area contributed by atoms with Crippen molar-refractivity contribution in [2.45, 2.75) is 31.0 Å². The van der Waals surface area contributed by atoms with E-state index in [0.29, 0.717) is 0 Å². The third-order valence-electron chi connectivity index (χ3n) is 2.95. The number of halogens is 3. The zero-order chi connectivity index (χ0) is 17.1. The zero-order valence-corrected chi connectivity index (χ0v) is 13.1. The van der Waals surface area contributed by atoms with E-state index in [0.717, 1.165) is 10.4 Å². The maximum absolute atomic E-state index is 12.3. The molecule has 0 aliphatic carbocycles. The van der Waals surface area contributed by atoms with Gasteiger partial charge in [-0.1, -0.05) is 6.07 Å². The van der Waals surface area contributed by atoms with E-state index >= 15 is 0 Å². The van der Waals surface area contributed by atoms with E-state index in [4.69, 9.17) is 0 Å². The topological polar surface area (TPSA) is 66.5 Å². The van der Waals surface area contributed by atoms with E-state index in [9.17, 15) is 26.4 Å². The molecule has 0 saturated heterocycles. The minimum atomic E-state index is -4.53. The van der Waals surface area contributed by atoms with Gasteiger partial charge in [0.25, 0.3) is 5.91 Å². The molecule has 1 aromatic rings. The molecular weight excluding hydrogens is 321 g/mol. The minimum Gasteiger partial charge on any atom is -0.343 e. The third-order valence-corrected chi connectivity index (χ3v) is 4.98. The van der Waals surface area contributed by atoms with Crippen molar-refractivity contribution in [1.82, 2.24) is 9.62 Å². The van der Waals surface area contributed by atoms with Crippen molar-refractivity contribution in [2.24, 2.45) is 0 Å². The van der Waals surface area contributed by atoms with Crippen LogP contribution in [0.1, 0.15) is 24.2 Å². The Morgan fingerprint density at radius 2 is 1.91 bits per heavy atom. The molecular formula is C13H17F3N2O3S. The molecule has 0 heterocycles. The van der Waals surface area contributed by atoms with Crippen molar-refractivity contribution < 1.29 is 26.4 Å². The van der Waals surface area contributed by atoms with E-state index in [1.807, 2.05) is 0 Å². The molecule has 0 spiro atoms. The van der Waals surface area contributed by atoms with Gasteiger partial charge in [-0.25, -0.2) is 8.42 Å². The summed E-state index contributed by atoms with van der Waals surface area (Å²) in [5.41, 5.74) is -0.150. The predicted octanol–water partition coefficient (Wildman–Crippen LogP) is 2.01. The van der Waals surface area contributed by atoms with Gasteiger partial charge in [-0.05, 0) is 32.0 Å².